The molecule has 0 spiro atoms. The van der Waals surface area contributed by atoms with Crippen LogP contribution in [0.5, 0.6) is 11.5 Å². The molecular weight excluding hydrogens is 315 g/mol. The molecule has 0 atom stereocenters. The predicted octanol–water partition coefficient (Wildman–Crippen LogP) is 2.61. The molecule has 23 heavy (non-hydrogen) atoms. The average molecular weight is 330 g/mol. The lowest BCUT2D eigenvalue weighted by atomic mass is 9.84. The second kappa shape index (κ2) is 5.86. The quantitative estimate of drug-likeness (QED) is 0.850. The summed E-state index contributed by atoms with van der Waals surface area (Å²) in [7, 11) is 0.840. The van der Waals surface area contributed by atoms with Crippen LogP contribution in [0.1, 0.15) is 18.7 Å². The van der Waals surface area contributed by atoms with Crippen molar-refractivity contribution in [1.82, 2.24) is 9.36 Å². The standard InChI is InChI=1S/C15H15BN2O4S/c1-20-12-5-2-9(6-13(12)22-11-3-4-11)15-17-14(18-23-15)10-7-16(19)21-8-10/h2,5-6,8,11,19H,3-4,7H2,1H3. The van der Waals surface area contributed by atoms with E-state index in [1.54, 1.807) is 7.11 Å². The average Bonchev–Trinajstić information content (AvgIpc) is 3.07. The van der Waals surface area contributed by atoms with Crippen LogP contribution < -0.4 is 9.47 Å². The van der Waals surface area contributed by atoms with Crippen LogP contribution >= 0.6 is 11.5 Å². The summed E-state index contributed by atoms with van der Waals surface area (Å²) in [6.45, 7) is 0. The first-order valence-electron chi connectivity index (χ1n) is 7.44. The molecule has 2 aromatic rings. The third-order valence-corrected chi connectivity index (χ3v) is 4.47. The minimum atomic E-state index is -0.795. The summed E-state index contributed by atoms with van der Waals surface area (Å²) in [5.41, 5.74) is 1.74. The zero-order valence-corrected chi connectivity index (χ0v) is 13.4. The first kappa shape index (κ1) is 14.5. The Kier molecular flexibility index (Phi) is 3.70. The first-order chi connectivity index (χ1) is 11.2. The zero-order chi connectivity index (χ0) is 15.8. The molecule has 1 saturated carbocycles. The highest BCUT2D eigenvalue weighted by Gasteiger charge is 2.27. The van der Waals surface area contributed by atoms with Crippen molar-refractivity contribution < 1.29 is 19.2 Å². The van der Waals surface area contributed by atoms with Crippen molar-refractivity contribution in [2.24, 2.45) is 0 Å². The number of nitrogens with zero attached hydrogens (tertiary/aromatic N) is 2. The van der Waals surface area contributed by atoms with Crippen molar-refractivity contribution in [3.8, 4) is 22.1 Å². The summed E-state index contributed by atoms with van der Waals surface area (Å²) in [6, 6.07) is 5.77. The molecule has 2 heterocycles. The summed E-state index contributed by atoms with van der Waals surface area (Å²) < 4.78 is 20.6. The third-order valence-electron chi connectivity index (χ3n) is 3.70. The molecule has 8 heteroatoms. The van der Waals surface area contributed by atoms with Gasteiger partial charge in [0, 0.05) is 17.5 Å². The fraction of sp³-hybridized carbons (Fsp3) is 0.333. The van der Waals surface area contributed by atoms with Crippen LogP contribution in [0.3, 0.4) is 0 Å². The number of ether oxygens (including phenoxy) is 2. The Bertz CT molecular complexity index is 760. The van der Waals surface area contributed by atoms with Crippen molar-refractivity contribution in [2.75, 3.05) is 7.11 Å². The lowest BCUT2D eigenvalue weighted by molar-refractivity contribution is 0.282. The van der Waals surface area contributed by atoms with Gasteiger partial charge in [-0.1, -0.05) is 0 Å². The molecule has 1 aliphatic carbocycles. The van der Waals surface area contributed by atoms with Gasteiger partial charge in [0.25, 0.3) is 0 Å². The molecule has 1 aromatic heterocycles. The Balaban J connectivity index is 1.61. The molecule has 1 aromatic carbocycles. The summed E-state index contributed by atoms with van der Waals surface area (Å²) in [5.74, 6) is 2.06. The molecule has 6 nitrogen and oxygen atoms in total. The Morgan fingerprint density at radius 1 is 1.35 bits per heavy atom. The first-order valence-corrected chi connectivity index (χ1v) is 8.22. The second-order valence-corrected chi connectivity index (χ2v) is 6.30. The molecule has 0 bridgehead atoms. The van der Waals surface area contributed by atoms with E-state index in [0.29, 0.717) is 18.2 Å². The van der Waals surface area contributed by atoms with E-state index < -0.39 is 7.12 Å². The molecule has 1 aliphatic heterocycles. The number of hydrogen-bond donors (Lipinski definition) is 1. The van der Waals surface area contributed by atoms with E-state index >= 15 is 0 Å². The lowest BCUT2D eigenvalue weighted by Gasteiger charge is -2.10. The van der Waals surface area contributed by atoms with E-state index in [4.69, 9.17) is 14.1 Å². The second-order valence-electron chi connectivity index (χ2n) is 5.54. The van der Waals surface area contributed by atoms with Gasteiger partial charge >= 0.3 is 7.12 Å². The van der Waals surface area contributed by atoms with E-state index in [1.165, 1.54) is 17.8 Å². The third kappa shape index (κ3) is 3.04. The van der Waals surface area contributed by atoms with E-state index in [1.807, 2.05) is 18.2 Å². The van der Waals surface area contributed by atoms with Gasteiger partial charge in [-0.3, -0.25) is 0 Å². The van der Waals surface area contributed by atoms with Crippen LogP contribution in [0, 0.1) is 0 Å². The normalized spacial score (nSPS) is 17.0. The number of rotatable bonds is 5. The van der Waals surface area contributed by atoms with E-state index in [-0.39, 0.29) is 0 Å². The van der Waals surface area contributed by atoms with Crippen LogP contribution in [0.4, 0.5) is 0 Å². The van der Waals surface area contributed by atoms with Crippen LogP contribution in [0.2, 0.25) is 6.32 Å². The fourth-order valence-electron chi connectivity index (χ4n) is 2.33. The van der Waals surface area contributed by atoms with Gasteiger partial charge in [0.15, 0.2) is 17.3 Å². The van der Waals surface area contributed by atoms with Crippen molar-refractivity contribution >= 4 is 24.2 Å². The Morgan fingerprint density at radius 2 is 2.22 bits per heavy atom. The van der Waals surface area contributed by atoms with Crippen molar-refractivity contribution in [3.63, 3.8) is 0 Å². The predicted molar refractivity (Wildman–Crippen MR) is 87.4 cm³/mol. The maximum atomic E-state index is 9.41. The van der Waals surface area contributed by atoms with Crippen molar-refractivity contribution in [2.45, 2.75) is 25.3 Å². The lowest BCUT2D eigenvalue weighted by Crippen LogP contribution is -2.08. The molecule has 0 unspecified atom stereocenters. The highest BCUT2D eigenvalue weighted by molar-refractivity contribution is 7.09. The molecule has 0 radical (unpaired) electrons. The van der Waals surface area contributed by atoms with Gasteiger partial charge in [-0.25, -0.2) is 4.98 Å². The highest BCUT2D eigenvalue weighted by Crippen LogP contribution is 2.37. The topological polar surface area (TPSA) is 73.7 Å². The zero-order valence-electron chi connectivity index (χ0n) is 12.6. The Morgan fingerprint density at radius 3 is 2.91 bits per heavy atom. The van der Waals surface area contributed by atoms with Crippen LogP contribution in [0.25, 0.3) is 16.1 Å². The Hall–Kier alpha value is -2.06. The summed E-state index contributed by atoms with van der Waals surface area (Å²) in [4.78, 5) is 4.54. The van der Waals surface area contributed by atoms with Crippen LogP contribution in [-0.4, -0.2) is 34.7 Å². The van der Waals surface area contributed by atoms with E-state index in [0.717, 1.165) is 40.5 Å². The van der Waals surface area contributed by atoms with Gasteiger partial charge in [-0.2, -0.15) is 4.37 Å². The van der Waals surface area contributed by atoms with Gasteiger partial charge in [0.2, 0.25) is 0 Å². The molecule has 1 N–H and O–H groups in total. The van der Waals surface area contributed by atoms with Gasteiger partial charge in [-0.05, 0) is 42.6 Å². The molecular formula is C15H15BN2O4S. The fourth-order valence-corrected chi connectivity index (χ4v) is 3.02. The molecule has 1 fully saturated rings. The largest absolute Gasteiger partial charge is 0.541 e. The smallest absolute Gasteiger partial charge is 0.527 e. The molecule has 2 aliphatic rings. The maximum Gasteiger partial charge on any atom is 0.527 e. The van der Waals surface area contributed by atoms with Crippen molar-refractivity contribution in [3.05, 3.63) is 30.3 Å². The molecule has 0 saturated heterocycles. The van der Waals surface area contributed by atoms with Gasteiger partial charge in [0.1, 0.15) is 5.01 Å². The molecule has 0 amide bonds. The highest BCUT2D eigenvalue weighted by atomic mass is 32.1. The number of methoxy groups -OCH3 is 1. The van der Waals surface area contributed by atoms with Gasteiger partial charge < -0.3 is 19.2 Å². The van der Waals surface area contributed by atoms with Crippen molar-refractivity contribution in [1.29, 1.82) is 0 Å². The van der Waals surface area contributed by atoms with Crippen LogP contribution in [-0.2, 0) is 4.65 Å². The SMILES string of the molecule is COc1ccc(-c2nc(C3=COB(O)C3)ns2)cc1OC1CC1. The maximum absolute atomic E-state index is 9.41. The van der Waals surface area contributed by atoms with Crippen LogP contribution in [0.15, 0.2) is 24.5 Å². The van der Waals surface area contributed by atoms with Gasteiger partial charge in [-0.15, -0.1) is 0 Å². The minimum absolute atomic E-state index is 0.298. The van der Waals surface area contributed by atoms with Gasteiger partial charge in [0.05, 0.1) is 19.5 Å². The number of hydrogen-bond acceptors (Lipinski definition) is 7. The summed E-state index contributed by atoms with van der Waals surface area (Å²) in [6.07, 6.45) is 4.41. The number of benzene rings is 1. The number of aromatic nitrogens is 2. The number of allylic oxidation sites excluding steroid dienone is 1. The van der Waals surface area contributed by atoms with E-state index in [9.17, 15) is 5.02 Å². The minimum Gasteiger partial charge on any atom is -0.541 e. The molecule has 118 valence electrons. The summed E-state index contributed by atoms with van der Waals surface area (Å²) >= 11 is 1.31. The Labute approximate surface area is 138 Å². The molecule has 4 rings (SSSR count). The van der Waals surface area contributed by atoms with E-state index in [2.05, 4.69) is 9.36 Å². The monoisotopic (exact) mass is 330 g/mol. The summed E-state index contributed by atoms with van der Waals surface area (Å²) in [5, 5.41) is 10.2.